The van der Waals surface area contributed by atoms with E-state index in [-0.39, 0.29) is 0 Å². The van der Waals surface area contributed by atoms with Gasteiger partial charge in [0, 0.05) is 45.1 Å². The van der Waals surface area contributed by atoms with Gasteiger partial charge in [0.25, 0.3) is 0 Å². The van der Waals surface area contributed by atoms with E-state index in [1.165, 1.54) is 11.3 Å². The molecular weight excluding hydrogens is 264 g/mol. The maximum absolute atomic E-state index is 5.38. The van der Waals surface area contributed by atoms with Gasteiger partial charge in [-0.3, -0.25) is 4.68 Å². The lowest BCUT2D eigenvalue weighted by Gasteiger charge is -2.28. The highest BCUT2D eigenvalue weighted by atomic mass is 16.5. The van der Waals surface area contributed by atoms with E-state index in [1.807, 2.05) is 24.0 Å². The molecule has 0 radical (unpaired) electrons. The maximum Gasteiger partial charge on any atom is 0.0762 e. The van der Waals surface area contributed by atoms with E-state index in [0.717, 1.165) is 45.1 Å². The zero-order valence-corrected chi connectivity index (χ0v) is 12.5. The minimum Gasteiger partial charge on any atom is -0.378 e. The molecule has 1 N–H and O–H groups in total. The summed E-state index contributed by atoms with van der Waals surface area (Å²) in [6.45, 7) is 5.28. The van der Waals surface area contributed by atoms with Crippen molar-refractivity contribution in [1.82, 2.24) is 15.1 Å². The molecule has 3 rings (SSSR count). The average Bonchev–Trinajstić information content (AvgIpc) is 2.94. The number of nitrogens with one attached hydrogen (secondary N) is 1. The molecule has 0 unspecified atom stereocenters. The van der Waals surface area contributed by atoms with Crippen molar-refractivity contribution in [3.63, 3.8) is 0 Å². The molecule has 2 heterocycles. The second kappa shape index (κ2) is 6.74. The SMILES string of the molecule is Cn1ccc(CNCc2ccc(N3CCOCC3)cc2)n1. The van der Waals surface area contributed by atoms with Crippen molar-refractivity contribution < 1.29 is 4.74 Å². The number of aromatic nitrogens is 2. The fraction of sp³-hybridized carbons (Fsp3) is 0.438. The van der Waals surface area contributed by atoms with Crippen LogP contribution in [0.5, 0.6) is 0 Å². The first-order valence-corrected chi connectivity index (χ1v) is 7.42. The van der Waals surface area contributed by atoms with Crippen LogP contribution in [0.3, 0.4) is 0 Å². The molecule has 1 aliphatic rings. The summed E-state index contributed by atoms with van der Waals surface area (Å²) in [6, 6.07) is 10.8. The largest absolute Gasteiger partial charge is 0.378 e. The molecule has 112 valence electrons. The molecule has 1 saturated heterocycles. The van der Waals surface area contributed by atoms with Crippen LogP contribution in [0, 0.1) is 0 Å². The Morgan fingerprint density at radius 3 is 2.52 bits per heavy atom. The van der Waals surface area contributed by atoms with Crippen LogP contribution in [-0.2, 0) is 24.9 Å². The van der Waals surface area contributed by atoms with Gasteiger partial charge in [-0.1, -0.05) is 12.1 Å². The Morgan fingerprint density at radius 1 is 1.10 bits per heavy atom. The Bertz CT molecular complexity index is 558. The lowest BCUT2D eigenvalue weighted by Crippen LogP contribution is -2.36. The van der Waals surface area contributed by atoms with Gasteiger partial charge < -0.3 is 15.0 Å². The Morgan fingerprint density at radius 2 is 1.86 bits per heavy atom. The van der Waals surface area contributed by atoms with Crippen molar-refractivity contribution in [2.24, 2.45) is 7.05 Å². The lowest BCUT2D eigenvalue weighted by molar-refractivity contribution is 0.122. The van der Waals surface area contributed by atoms with Gasteiger partial charge >= 0.3 is 0 Å². The van der Waals surface area contributed by atoms with Crippen LogP contribution in [0.25, 0.3) is 0 Å². The van der Waals surface area contributed by atoms with Gasteiger partial charge in [-0.15, -0.1) is 0 Å². The van der Waals surface area contributed by atoms with Crippen molar-refractivity contribution >= 4 is 5.69 Å². The van der Waals surface area contributed by atoms with E-state index in [2.05, 4.69) is 39.6 Å². The number of rotatable bonds is 5. The summed E-state index contributed by atoms with van der Waals surface area (Å²) in [4.78, 5) is 2.37. The molecule has 0 spiro atoms. The summed E-state index contributed by atoms with van der Waals surface area (Å²) in [5, 5.41) is 7.77. The highest BCUT2D eigenvalue weighted by Crippen LogP contribution is 2.16. The van der Waals surface area contributed by atoms with E-state index in [1.54, 1.807) is 0 Å². The first kappa shape index (κ1) is 14.1. The van der Waals surface area contributed by atoms with Crippen molar-refractivity contribution in [2.45, 2.75) is 13.1 Å². The molecule has 5 heteroatoms. The van der Waals surface area contributed by atoms with Crippen LogP contribution >= 0.6 is 0 Å². The first-order valence-electron chi connectivity index (χ1n) is 7.42. The zero-order chi connectivity index (χ0) is 14.5. The minimum absolute atomic E-state index is 0.798. The van der Waals surface area contributed by atoms with Gasteiger partial charge in [-0.05, 0) is 23.8 Å². The quantitative estimate of drug-likeness (QED) is 0.905. The standard InChI is InChI=1S/C16H22N4O/c1-19-7-6-15(18-19)13-17-12-14-2-4-16(5-3-14)20-8-10-21-11-9-20/h2-7,17H,8-13H2,1H3. The number of ether oxygens (including phenoxy) is 1. The fourth-order valence-electron chi connectivity index (χ4n) is 2.54. The molecule has 2 aromatic rings. The summed E-state index contributed by atoms with van der Waals surface area (Å²) in [7, 11) is 1.94. The number of morpholine rings is 1. The van der Waals surface area contributed by atoms with E-state index in [0.29, 0.717) is 0 Å². The Kier molecular flexibility index (Phi) is 4.52. The molecule has 1 aromatic heterocycles. The van der Waals surface area contributed by atoms with Crippen LogP contribution < -0.4 is 10.2 Å². The van der Waals surface area contributed by atoms with Crippen molar-refractivity contribution in [3.05, 3.63) is 47.8 Å². The van der Waals surface area contributed by atoms with E-state index in [4.69, 9.17) is 4.74 Å². The van der Waals surface area contributed by atoms with Gasteiger partial charge in [-0.2, -0.15) is 5.10 Å². The summed E-state index contributed by atoms with van der Waals surface area (Å²) in [6.07, 6.45) is 1.97. The predicted molar refractivity (Wildman–Crippen MR) is 83.2 cm³/mol. The topological polar surface area (TPSA) is 42.3 Å². The second-order valence-corrected chi connectivity index (χ2v) is 5.35. The third-order valence-electron chi connectivity index (χ3n) is 3.72. The van der Waals surface area contributed by atoms with Gasteiger partial charge in [-0.25, -0.2) is 0 Å². The van der Waals surface area contributed by atoms with Gasteiger partial charge in [0.05, 0.1) is 18.9 Å². The summed E-state index contributed by atoms with van der Waals surface area (Å²) in [5.74, 6) is 0. The lowest BCUT2D eigenvalue weighted by atomic mass is 10.2. The number of nitrogens with zero attached hydrogens (tertiary/aromatic N) is 3. The predicted octanol–water partition coefficient (Wildman–Crippen LogP) is 1.55. The molecule has 1 aromatic carbocycles. The van der Waals surface area contributed by atoms with Crippen LogP contribution in [0.1, 0.15) is 11.3 Å². The van der Waals surface area contributed by atoms with Gasteiger partial charge in [0.1, 0.15) is 0 Å². The molecule has 1 fully saturated rings. The third kappa shape index (κ3) is 3.83. The fourth-order valence-corrected chi connectivity index (χ4v) is 2.54. The number of hydrogen-bond donors (Lipinski definition) is 1. The van der Waals surface area contributed by atoms with Crippen LogP contribution in [0.2, 0.25) is 0 Å². The van der Waals surface area contributed by atoms with Crippen LogP contribution in [0.15, 0.2) is 36.5 Å². The summed E-state index contributed by atoms with van der Waals surface area (Å²) < 4.78 is 7.21. The third-order valence-corrected chi connectivity index (χ3v) is 3.72. The molecule has 0 atom stereocenters. The molecule has 1 aliphatic heterocycles. The first-order chi connectivity index (χ1) is 10.3. The Balaban J connectivity index is 1.49. The normalized spacial score (nSPS) is 15.4. The Labute approximate surface area is 125 Å². The van der Waals surface area contributed by atoms with Crippen LogP contribution in [-0.4, -0.2) is 36.1 Å². The van der Waals surface area contributed by atoms with Crippen molar-refractivity contribution in [3.8, 4) is 0 Å². The van der Waals surface area contributed by atoms with Crippen LogP contribution in [0.4, 0.5) is 5.69 Å². The Hall–Kier alpha value is -1.85. The molecule has 0 aliphatic carbocycles. The number of benzene rings is 1. The molecule has 0 saturated carbocycles. The smallest absolute Gasteiger partial charge is 0.0762 e. The molecule has 0 amide bonds. The zero-order valence-electron chi connectivity index (χ0n) is 12.5. The van der Waals surface area contributed by atoms with E-state index >= 15 is 0 Å². The van der Waals surface area contributed by atoms with Gasteiger partial charge in [0.2, 0.25) is 0 Å². The van der Waals surface area contributed by atoms with E-state index < -0.39 is 0 Å². The number of anilines is 1. The second-order valence-electron chi connectivity index (χ2n) is 5.35. The summed E-state index contributed by atoms with van der Waals surface area (Å²) >= 11 is 0. The minimum atomic E-state index is 0.798. The highest BCUT2D eigenvalue weighted by molar-refractivity contribution is 5.47. The van der Waals surface area contributed by atoms with E-state index in [9.17, 15) is 0 Å². The molecular formula is C16H22N4O. The van der Waals surface area contributed by atoms with Crippen molar-refractivity contribution in [2.75, 3.05) is 31.2 Å². The van der Waals surface area contributed by atoms with Crippen molar-refractivity contribution in [1.29, 1.82) is 0 Å². The summed E-state index contributed by atoms with van der Waals surface area (Å²) in [5.41, 5.74) is 3.65. The number of aryl methyl sites for hydroxylation is 1. The van der Waals surface area contributed by atoms with Gasteiger partial charge in [0.15, 0.2) is 0 Å². The molecule has 5 nitrogen and oxygen atoms in total. The monoisotopic (exact) mass is 286 g/mol. The maximum atomic E-state index is 5.38. The number of hydrogen-bond acceptors (Lipinski definition) is 4. The molecule has 21 heavy (non-hydrogen) atoms. The highest BCUT2D eigenvalue weighted by Gasteiger charge is 2.10. The molecule has 0 bridgehead atoms. The average molecular weight is 286 g/mol.